The molecule has 0 aliphatic heterocycles. The average Bonchev–Trinajstić information content (AvgIpc) is 2.38. The van der Waals surface area contributed by atoms with Crippen molar-refractivity contribution >= 4 is 5.69 Å². The smallest absolute Gasteiger partial charge is 0.0541 e. The second-order valence-corrected chi connectivity index (χ2v) is 4.05. The molecule has 0 aliphatic carbocycles. The van der Waals surface area contributed by atoms with Gasteiger partial charge in [-0.25, -0.2) is 0 Å². The molecule has 0 unspecified atom stereocenters. The lowest BCUT2D eigenvalue weighted by atomic mass is 10.1. The van der Waals surface area contributed by atoms with E-state index in [2.05, 4.69) is 17.2 Å². The Kier molecular flexibility index (Phi) is 3.73. The summed E-state index contributed by atoms with van der Waals surface area (Å²) in [4.78, 5) is 4.27. The molecule has 3 heteroatoms. The van der Waals surface area contributed by atoms with Crippen LogP contribution in [0.25, 0.3) is 0 Å². The van der Waals surface area contributed by atoms with Gasteiger partial charge in [-0.1, -0.05) is 24.3 Å². The van der Waals surface area contributed by atoms with Gasteiger partial charge in [0.1, 0.15) is 0 Å². The van der Waals surface area contributed by atoms with Gasteiger partial charge in [-0.05, 0) is 30.7 Å². The van der Waals surface area contributed by atoms with Crippen LogP contribution in [0.3, 0.4) is 0 Å². The summed E-state index contributed by atoms with van der Waals surface area (Å²) in [6.07, 6.45) is 1.80. The summed E-state index contributed by atoms with van der Waals surface area (Å²) in [6.45, 7) is 2.85. The largest absolute Gasteiger partial charge is 0.398 e. The number of anilines is 1. The first-order chi connectivity index (χ1) is 8.27. The van der Waals surface area contributed by atoms with Gasteiger partial charge in [0.25, 0.3) is 0 Å². The Balaban J connectivity index is 1.99. The van der Waals surface area contributed by atoms with E-state index in [1.54, 1.807) is 6.20 Å². The van der Waals surface area contributed by atoms with Crippen LogP contribution < -0.4 is 11.1 Å². The van der Waals surface area contributed by atoms with Gasteiger partial charge in [0.2, 0.25) is 0 Å². The van der Waals surface area contributed by atoms with Crippen molar-refractivity contribution in [1.29, 1.82) is 0 Å². The van der Waals surface area contributed by atoms with E-state index in [0.29, 0.717) is 0 Å². The fourth-order valence-corrected chi connectivity index (χ4v) is 1.78. The molecule has 88 valence electrons. The molecule has 3 N–H and O–H groups in total. The maximum atomic E-state index is 5.93. The summed E-state index contributed by atoms with van der Waals surface area (Å²) in [6, 6.07) is 14.1. The summed E-state index contributed by atoms with van der Waals surface area (Å²) in [5.74, 6) is 0. The topological polar surface area (TPSA) is 50.9 Å². The number of benzene rings is 1. The Labute approximate surface area is 102 Å². The molecule has 1 aromatic carbocycles. The van der Waals surface area contributed by atoms with E-state index in [4.69, 9.17) is 5.73 Å². The summed E-state index contributed by atoms with van der Waals surface area (Å²) in [5, 5.41) is 3.41. The minimum Gasteiger partial charge on any atom is -0.398 e. The van der Waals surface area contributed by atoms with Crippen molar-refractivity contribution in [2.24, 2.45) is 0 Å². The van der Waals surface area contributed by atoms with Crippen LogP contribution in [-0.2, 0) is 6.54 Å². The zero-order valence-corrected chi connectivity index (χ0v) is 9.93. The molecule has 1 aromatic heterocycles. The first kappa shape index (κ1) is 11.6. The molecule has 0 saturated carbocycles. The zero-order valence-electron chi connectivity index (χ0n) is 9.93. The number of nitrogens with one attached hydrogen (secondary N) is 1. The van der Waals surface area contributed by atoms with Gasteiger partial charge in [-0.2, -0.15) is 0 Å². The number of aromatic nitrogens is 1. The molecule has 2 aromatic rings. The molecule has 2 rings (SSSR count). The quantitative estimate of drug-likeness (QED) is 0.789. The maximum absolute atomic E-state index is 5.93. The van der Waals surface area contributed by atoms with Crippen LogP contribution in [0.1, 0.15) is 24.2 Å². The van der Waals surface area contributed by atoms with Crippen LogP contribution in [0.4, 0.5) is 5.69 Å². The monoisotopic (exact) mass is 227 g/mol. The van der Waals surface area contributed by atoms with Gasteiger partial charge in [0.15, 0.2) is 0 Å². The molecular weight excluding hydrogens is 210 g/mol. The molecule has 0 bridgehead atoms. The number of hydrogen-bond donors (Lipinski definition) is 2. The Bertz CT molecular complexity index is 468. The molecule has 17 heavy (non-hydrogen) atoms. The molecule has 0 amide bonds. The van der Waals surface area contributed by atoms with Gasteiger partial charge in [0, 0.05) is 24.5 Å². The fourth-order valence-electron chi connectivity index (χ4n) is 1.78. The second-order valence-electron chi connectivity index (χ2n) is 4.05. The summed E-state index contributed by atoms with van der Waals surface area (Å²) in [7, 11) is 0. The number of hydrogen-bond acceptors (Lipinski definition) is 3. The van der Waals surface area contributed by atoms with Gasteiger partial charge in [-0.15, -0.1) is 0 Å². The van der Waals surface area contributed by atoms with Crippen LogP contribution in [0.5, 0.6) is 0 Å². The van der Waals surface area contributed by atoms with E-state index < -0.39 is 0 Å². The third-order valence-electron chi connectivity index (χ3n) is 2.78. The predicted octanol–water partition coefficient (Wildman–Crippen LogP) is 2.51. The van der Waals surface area contributed by atoms with Crippen molar-refractivity contribution in [3.8, 4) is 0 Å². The molecule has 1 heterocycles. The van der Waals surface area contributed by atoms with Gasteiger partial charge >= 0.3 is 0 Å². The van der Waals surface area contributed by atoms with E-state index in [9.17, 15) is 0 Å². The SMILES string of the molecule is C[C@@H](NCc1ccccn1)c1ccccc1N. The average molecular weight is 227 g/mol. The summed E-state index contributed by atoms with van der Waals surface area (Å²) in [5.41, 5.74) is 8.93. The van der Waals surface area contributed by atoms with Crippen molar-refractivity contribution in [3.63, 3.8) is 0 Å². The third kappa shape index (κ3) is 3.04. The fraction of sp³-hybridized carbons (Fsp3) is 0.214. The van der Waals surface area contributed by atoms with Crippen LogP contribution in [-0.4, -0.2) is 4.98 Å². The highest BCUT2D eigenvalue weighted by atomic mass is 14.9. The Morgan fingerprint density at radius 3 is 2.65 bits per heavy atom. The van der Waals surface area contributed by atoms with Gasteiger partial charge < -0.3 is 11.1 Å². The van der Waals surface area contributed by atoms with E-state index in [-0.39, 0.29) is 6.04 Å². The van der Waals surface area contributed by atoms with Crippen LogP contribution >= 0.6 is 0 Å². The minimum atomic E-state index is 0.221. The maximum Gasteiger partial charge on any atom is 0.0541 e. The normalized spacial score (nSPS) is 12.3. The van der Waals surface area contributed by atoms with Crippen molar-refractivity contribution < 1.29 is 0 Å². The first-order valence-corrected chi connectivity index (χ1v) is 5.75. The number of nitrogens with zero attached hydrogens (tertiary/aromatic N) is 1. The summed E-state index contributed by atoms with van der Waals surface area (Å²) >= 11 is 0. The zero-order chi connectivity index (χ0) is 12.1. The van der Waals surface area contributed by atoms with Crippen LogP contribution in [0.15, 0.2) is 48.7 Å². The van der Waals surface area contributed by atoms with Gasteiger partial charge in [-0.3, -0.25) is 4.98 Å². The number of rotatable bonds is 4. The molecule has 0 aliphatic rings. The van der Waals surface area contributed by atoms with E-state index in [1.165, 1.54) is 0 Å². The Hall–Kier alpha value is -1.87. The number of para-hydroxylation sites is 1. The number of nitrogens with two attached hydrogens (primary N) is 1. The van der Waals surface area contributed by atoms with Crippen LogP contribution in [0, 0.1) is 0 Å². The molecule has 0 saturated heterocycles. The Morgan fingerprint density at radius 2 is 1.94 bits per heavy atom. The molecule has 0 fully saturated rings. The summed E-state index contributed by atoms with van der Waals surface area (Å²) < 4.78 is 0. The molecule has 0 radical (unpaired) electrons. The lowest BCUT2D eigenvalue weighted by molar-refractivity contribution is 0.569. The van der Waals surface area contributed by atoms with Gasteiger partial charge in [0.05, 0.1) is 5.69 Å². The van der Waals surface area contributed by atoms with Crippen molar-refractivity contribution in [1.82, 2.24) is 10.3 Å². The predicted molar refractivity (Wildman–Crippen MR) is 70.3 cm³/mol. The molecular formula is C14H17N3. The minimum absolute atomic E-state index is 0.221. The van der Waals surface area contributed by atoms with Crippen LogP contribution in [0.2, 0.25) is 0 Å². The first-order valence-electron chi connectivity index (χ1n) is 5.75. The number of pyridine rings is 1. The van der Waals surface area contributed by atoms with Crippen molar-refractivity contribution in [2.45, 2.75) is 19.5 Å². The van der Waals surface area contributed by atoms with E-state index >= 15 is 0 Å². The highest BCUT2D eigenvalue weighted by Gasteiger charge is 2.07. The van der Waals surface area contributed by atoms with E-state index in [1.807, 2.05) is 42.5 Å². The Morgan fingerprint density at radius 1 is 1.18 bits per heavy atom. The lowest BCUT2D eigenvalue weighted by Gasteiger charge is -2.15. The molecule has 0 spiro atoms. The van der Waals surface area contributed by atoms with Crippen molar-refractivity contribution in [2.75, 3.05) is 5.73 Å². The number of nitrogen functional groups attached to an aromatic ring is 1. The molecule has 3 nitrogen and oxygen atoms in total. The van der Waals surface area contributed by atoms with Crippen molar-refractivity contribution in [3.05, 3.63) is 59.9 Å². The molecule has 1 atom stereocenters. The lowest BCUT2D eigenvalue weighted by Crippen LogP contribution is -2.19. The van der Waals surface area contributed by atoms with E-state index in [0.717, 1.165) is 23.5 Å². The standard InChI is InChI=1S/C14H17N3/c1-11(13-7-2-3-8-14(13)15)17-10-12-6-4-5-9-16-12/h2-9,11,17H,10,15H2,1H3/t11-/m1/s1. The highest BCUT2D eigenvalue weighted by molar-refractivity contribution is 5.47. The third-order valence-corrected chi connectivity index (χ3v) is 2.78. The second kappa shape index (κ2) is 5.46. The highest BCUT2D eigenvalue weighted by Crippen LogP contribution is 2.19.